The first-order valence-electron chi connectivity index (χ1n) is 5.38. The minimum Gasteiger partial charge on any atom is -0.463 e. The zero-order valence-corrected chi connectivity index (χ0v) is 9.43. The first-order chi connectivity index (χ1) is 8.20. The van der Waals surface area contributed by atoms with Gasteiger partial charge in [-0.15, -0.1) is 0 Å². The van der Waals surface area contributed by atoms with Crippen molar-refractivity contribution in [3.05, 3.63) is 41.5 Å². The van der Waals surface area contributed by atoms with Crippen LogP contribution in [0.5, 0.6) is 5.75 Å². The van der Waals surface area contributed by atoms with Gasteiger partial charge in [0.1, 0.15) is 5.75 Å². The van der Waals surface area contributed by atoms with E-state index in [1.807, 2.05) is 12.1 Å². The van der Waals surface area contributed by atoms with E-state index in [0.29, 0.717) is 17.7 Å². The van der Waals surface area contributed by atoms with Gasteiger partial charge in [-0.25, -0.2) is 9.59 Å². The van der Waals surface area contributed by atoms with Gasteiger partial charge in [0.2, 0.25) is 0 Å². The summed E-state index contributed by atoms with van der Waals surface area (Å²) in [6, 6.07) is 7.25. The number of para-hydroxylation sites is 1. The van der Waals surface area contributed by atoms with Gasteiger partial charge in [-0.2, -0.15) is 0 Å². The fraction of sp³-hybridized carbons (Fsp3) is 0.231. The summed E-state index contributed by atoms with van der Waals surface area (Å²) in [6.45, 7) is 2.00. The van der Waals surface area contributed by atoms with Crippen LogP contribution < -0.4 is 4.74 Å². The summed E-state index contributed by atoms with van der Waals surface area (Å²) in [7, 11) is 0. The van der Waals surface area contributed by atoms with Gasteiger partial charge in [0.05, 0.1) is 6.61 Å². The van der Waals surface area contributed by atoms with Crippen LogP contribution in [-0.4, -0.2) is 18.5 Å². The average Bonchev–Trinajstić information content (AvgIpc) is 2.30. The minimum absolute atomic E-state index is 0.286. The number of carbonyl (C=O) groups excluding carboxylic acids is 2. The molecule has 4 nitrogen and oxygen atoms in total. The molecule has 0 aliphatic carbocycles. The second kappa shape index (κ2) is 4.82. The number of rotatable bonds is 2. The molecule has 1 aliphatic rings. The Balaban J connectivity index is 2.23. The van der Waals surface area contributed by atoms with Gasteiger partial charge in [-0.3, -0.25) is 0 Å². The van der Waals surface area contributed by atoms with Gasteiger partial charge in [-0.1, -0.05) is 18.2 Å². The van der Waals surface area contributed by atoms with Gasteiger partial charge < -0.3 is 9.47 Å². The Hall–Kier alpha value is -2.10. The highest BCUT2D eigenvalue weighted by atomic mass is 16.5. The van der Waals surface area contributed by atoms with Crippen LogP contribution in [0.2, 0.25) is 0 Å². The molecular weight excluding hydrogens is 220 g/mol. The smallest absolute Gasteiger partial charge is 0.340 e. The van der Waals surface area contributed by atoms with Crippen LogP contribution >= 0.6 is 0 Å². The third-order valence-electron chi connectivity index (χ3n) is 2.40. The predicted molar refractivity (Wildman–Crippen MR) is 60.5 cm³/mol. The first kappa shape index (κ1) is 11.4. The Bertz CT molecular complexity index is 488. The van der Waals surface area contributed by atoms with Crippen molar-refractivity contribution in [2.75, 3.05) is 6.61 Å². The largest absolute Gasteiger partial charge is 0.463 e. The molecule has 0 saturated heterocycles. The van der Waals surface area contributed by atoms with Crippen molar-refractivity contribution < 1.29 is 19.1 Å². The topological polar surface area (TPSA) is 52.6 Å². The number of carbonyl (C=O) groups is 2. The van der Waals surface area contributed by atoms with Crippen molar-refractivity contribution >= 4 is 11.9 Å². The van der Waals surface area contributed by atoms with Crippen LogP contribution in [0.1, 0.15) is 12.5 Å². The van der Waals surface area contributed by atoms with Gasteiger partial charge in [-0.05, 0) is 18.6 Å². The van der Waals surface area contributed by atoms with Crippen molar-refractivity contribution in [3.8, 4) is 5.75 Å². The first-order valence-corrected chi connectivity index (χ1v) is 5.38. The minimum atomic E-state index is -0.515. The fourth-order valence-electron chi connectivity index (χ4n) is 1.63. The Kier molecular flexibility index (Phi) is 3.23. The van der Waals surface area contributed by atoms with Crippen molar-refractivity contribution in [2.24, 2.45) is 0 Å². The van der Waals surface area contributed by atoms with Gasteiger partial charge in [0.15, 0.2) is 0 Å². The number of esters is 2. The molecule has 0 aromatic heterocycles. The molecule has 0 bridgehead atoms. The van der Waals surface area contributed by atoms with Crippen molar-refractivity contribution in [2.45, 2.75) is 13.3 Å². The highest BCUT2D eigenvalue weighted by Gasteiger charge is 2.22. The van der Waals surface area contributed by atoms with Crippen LogP contribution in [0.4, 0.5) is 0 Å². The molecule has 88 valence electrons. The second-order valence-electron chi connectivity index (χ2n) is 3.60. The van der Waals surface area contributed by atoms with Crippen molar-refractivity contribution in [1.29, 1.82) is 0 Å². The van der Waals surface area contributed by atoms with E-state index in [-0.39, 0.29) is 6.61 Å². The van der Waals surface area contributed by atoms with E-state index in [9.17, 15) is 9.59 Å². The predicted octanol–water partition coefficient (Wildman–Crippen LogP) is 1.64. The molecule has 1 aliphatic heterocycles. The van der Waals surface area contributed by atoms with E-state index < -0.39 is 11.9 Å². The lowest BCUT2D eigenvalue weighted by atomic mass is 10.0. The Morgan fingerprint density at radius 1 is 1.47 bits per heavy atom. The molecule has 0 unspecified atom stereocenters. The molecule has 0 saturated carbocycles. The quantitative estimate of drug-likeness (QED) is 0.442. The fourth-order valence-corrected chi connectivity index (χ4v) is 1.63. The van der Waals surface area contributed by atoms with Gasteiger partial charge >= 0.3 is 11.9 Å². The molecule has 1 aromatic rings. The molecule has 0 amide bonds. The van der Waals surface area contributed by atoms with Crippen LogP contribution in [0.25, 0.3) is 0 Å². The molecule has 17 heavy (non-hydrogen) atoms. The van der Waals surface area contributed by atoms with E-state index in [1.165, 1.54) is 6.08 Å². The number of ether oxygens (including phenoxy) is 2. The summed E-state index contributed by atoms with van der Waals surface area (Å²) in [4.78, 5) is 22.9. The summed E-state index contributed by atoms with van der Waals surface area (Å²) in [5, 5.41) is 0. The monoisotopic (exact) mass is 232 g/mol. The van der Waals surface area contributed by atoms with Crippen molar-refractivity contribution in [3.63, 3.8) is 0 Å². The van der Waals surface area contributed by atoms with Gasteiger partial charge in [0, 0.05) is 18.1 Å². The molecule has 0 fully saturated rings. The zero-order chi connectivity index (χ0) is 12.3. The Morgan fingerprint density at radius 2 is 2.24 bits per heavy atom. The molecule has 0 radical (unpaired) electrons. The lowest BCUT2D eigenvalue weighted by Crippen LogP contribution is -2.20. The Morgan fingerprint density at radius 3 is 3.00 bits per heavy atom. The van der Waals surface area contributed by atoms with Crippen LogP contribution in [0.3, 0.4) is 0 Å². The zero-order valence-electron chi connectivity index (χ0n) is 9.43. The number of fused-ring (bicyclic) bond motifs is 1. The third kappa shape index (κ3) is 2.53. The standard InChI is InChI=1S/C13H12O4/c1-2-16-12(14)8-10-7-9-5-3-4-6-11(9)17-13(10)15/h3-6,8H,2,7H2,1H3/b10-8+. The maximum absolute atomic E-state index is 11.6. The summed E-state index contributed by atoms with van der Waals surface area (Å²) in [6.07, 6.45) is 1.59. The lowest BCUT2D eigenvalue weighted by Gasteiger charge is -2.17. The molecular formula is C13H12O4. The number of hydrogen-bond acceptors (Lipinski definition) is 4. The summed E-state index contributed by atoms with van der Waals surface area (Å²) >= 11 is 0. The molecule has 1 aromatic carbocycles. The molecule has 0 spiro atoms. The normalized spacial score (nSPS) is 16.3. The molecule has 0 atom stereocenters. The average molecular weight is 232 g/mol. The SMILES string of the molecule is CCOC(=O)/C=C1\Cc2ccccc2OC1=O. The number of benzene rings is 1. The lowest BCUT2D eigenvalue weighted by molar-refractivity contribution is -0.138. The van der Waals surface area contributed by atoms with E-state index in [1.54, 1.807) is 19.1 Å². The number of hydrogen-bond donors (Lipinski definition) is 0. The molecule has 0 N–H and O–H groups in total. The summed E-state index contributed by atoms with van der Waals surface area (Å²) in [5.74, 6) is -0.450. The Labute approximate surface area is 98.8 Å². The molecule has 2 rings (SSSR count). The highest BCUT2D eigenvalue weighted by Crippen LogP contribution is 2.27. The van der Waals surface area contributed by atoms with Crippen molar-refractivity contribution in [1.82, 2.24) is 0 Å². The maximum Gasteiger partial charge on any atom is 0.340 e. The summed E-state index contributed by atoms with van der Waals surface area (Å²) < 4.78 is 9.87. The van der Waals surface area contributed by atoms with Crippen LogP contribution in [0.15, 0.2) is 35.9 Å². The van der Waals surface area contributed by atoms with E-state index in [0.717, 1.165) is 5.56 Å². The molecule has 4 heteroatoms. The molecule has 1 heterocycles. The van der Waals surface area contributed by atoms with Crippen LogP contribution in [0, 0.1) is 0 Å². The maximum atomic E-state index is 11.6. The third-order valence-corrected chi connectivity index (χ3v) is 2.40. The second-order valence-corrected chi connectivity index (χ2v) is 3.60. The van der Waals surface area contributed by atoms with E-state index >= 15 is 0 Å². The van der Waals surface area contributed by atoms with E-state index in [4.69, 9.17) is 9.47 Å². The van der Waals surface area contributed by atoms with Crippen LogP contribution in [-0.2, 0) is 20.7 Å². The highest BCUT2D eigenvalue weighted by molar-refractivity contribution is 5.98. The van der Waals surface area contributed by atoms with Gasteiger partial charge in [0.25, 0.3) is 0 Å². The van der Waals surface area contributed by atoms with E-state index in [2.05, 4.69) is 0 Å². The summed E-state index contributed by atoms with van der Waals surface area (Å²) in [5.41, 5.74) is 1.21.